The van der Waals surface area contributed by atoms with Crippen molar-refractivity contribution in [3.63, 3.8) is 0 Å². The molecule has 2 aromatic carbocycles. The van der Waals surface area contributed by atoms with Gasteiger partial charge in [0.1, 0.15) is 0 Å². The normalized spacial score (nSPS) is 12.2. The number of hydrogen-bond donors (Lipinski definition) is 1. The molecule has 0 aromatic heterocycles. The smallest absolute Gasteiger partial charge is 0.313 e. The van der Waals surface area contributed by atoms with Crippen LogP contribution in [0.15, 0.2) is 42.5 Å². The van der Waals surface area contributed by atoms with E-state index in [-0.39, 0.29) is 12.6 Å². The van der Waals surface area contributed by atoms with Gasteiger partial charge < -0.3 is 5.21 Å². The summed E-state index contributed by atoms with van der Waals surface area (Å²) in [5.41, 5.74) is 2.26. The molecular weight excluding hydrogens is 303 g/mol. The number of hydroxylamine groups is 2. The third-order valence-corrected chi connectivity index (χ3v) is 3.69. The molecule has 0 spiro atoms. The maximum absolute atomic E-state index is 12.9. The summed E-state index contributed by atoms with van der Waals surface area (Å²) in [6, 6.07) is 10.8. The monoisotopic (exact) mass is 323 g/mol. The first-order valence-corrected chi connectivity index (χ1v) is 7.41. The molecule has 0 aliphatic carbocycles. The van der Waals surface area contributed by atoms with Gasteiger partial charge in [0, 0.05) is 12.6 Å². The van der Waals surface area contributed by atoms with Crippen LogP contribution in [0, 0.1) is 6.92 Å². The van der Waals surface area contributed by atoms with E-state index in [0.29, 0.717) is 11.1 Å². The zero-order chi connectivity index (χ0) is 17.2. The molecule has 2 rings (SSSR count). The summed E-state index contributed by atoms with van der Waals surface area (Å²) >= 11 is 0. The predicted octanol–water partition coefficient (Wildman–Crippen LogP) is 5.28. The summed E-state index contributed by atoms with van der Waals surface area (Å²) in [6.45, 7) is 5.83. The molecule has 0 saturated heterocycles. The third-order valence-electron chi connectivity index (χ3n) is 3.69. The van der Waals surface area contributed by atoms with Crippen LogP contribution in [0.25, 0.3) is 11.1 Å². The standard InChI is InChI=1S/C18H20F3NO/c1-12(2)22(23)11-15-8-7-13(3)9-17(15)14-5-4-6-16(10-14)18(19,20)21/h4-10,12,23H,11H2,1-3H3. The summed E-state index contributed by atoms with van der Waals surface area (Å²) in [4.78, 5) is 0. The van der Waals surface area contributed by atoms with Gasteiger partial charge in [0.15, 0.2) is 0 Å². The number of alkyl halides is 3. The minimum atomic E-state index is -4.37. The second-order valence-corrected chi connectivity index (χ2v) is 5.93. The molecule has 2 nitrogen and oxygen atoms in total. The largest absolute Gasteiger partial charge is 0.416 e. The number of hydrogen-bond acceptors (Lipinski definition) is 2. The Morgan fingerprint density at radius 1 is 1.09 bits per heavy atom. The van der Waals surface area contributed by atoms with E-state index in [2.05, 4.69) is 0 Å². The Bertz CT molecular complexity index is 680. The van der Waals surface area contributed by atoms with Gasteiger partial charge in [0.25, 0.3) is 0 Å². The fourth-order valence-electron chi connectivity index (χ4n) is 2.32. The number of rotatable bonds is 4. The summed E-state index contributed by atoms with van der Waals surface area (Å²) in [5, 5.41) is 11.1. The lowest BCUT2D eigenvalue weighted by Gasteiger charge is -2.21. The lowest BCUT2D eigenvalue weighted by molar-refractivity contribution is -0.137. The van der Waals surface area contributed by atoms with Crippen LogP contribution in [0.5, 0.6) is 0 Å². The summed E-state index contributed by atoms with van der Waals surface area (Å²) in [5.74, 6) is 0. The van der Waals surface area contributed by atoms with E-state index in [9.17, 15) is 18.4 Å². The number of benzene rings is 2. The van der Waals surface area contributed by atoms with Crippen LogP contribution in [0.1, 0.15) is 30.5 Å². The van der Waals surface area contributed by atoms with E-state index in [0.717, 1.165) is 23.3 Å². The molecule has 2 aromatic rings. The van der Waals surface area contributed by atoms with E-state index in [1.54, 1.807) is 6.07 Å². The first-order valence-electron chi connectivity index (χ1n) is 7.41. The van der Waals surface area contributed by atoms with Gasteiger partial charge in [-0.05, 0) is 49.6 Å². The molecule has 1 N–H and O–H groups in total. The fourth-order valence-corrected chi connectivity index (χ4v) is 2.32. The van der Waals surface area contributed by atoms with Gasteiger partial charge in [0.2, 0.25) is 0 Å². The lowest BCUT2D eigenvalue weighted by atomic mass is 9.96. The molecule has 0 saturated carbocycles. The van der Waals surface area contributed by atoms with Crippen molar-refractivity contribution >= 4 is 0 Å². The van der Waals surface area contributed by atoms with Gasteiger partial charge in [-0.2, -0.15) is 18.2 Å². The quantitative estimate of drug-likeness (QED) is 0.774. The topological polar surface area (TPSA) is 23.5 Å². The summed E-state index contributed by atoms with van der Waals surface area (Å²) < 4.78 is 38.8. The Hall–Kier alpha value is -1.85. The summed E-state index contributed by atoms with van der Waals surface area (Å²) in [7, 11) is 0. The van der Waals surface area contributed by atoms with Gasteiger partial charge in [-0.15, -0.1) is 0 Å². The van der Waals surface area contributed by atoms with E-state index in [1.165, 1.54) is 11.1 Å². The Morgan fingerprint density at radius 3 is 2.39 bits per heavy atom. The van der Waals surface area contributed by atoms with Crippen molar-refractivity contribution in [2.45, 2.75) is 39.5 Å². The molecule has 5 heteroatoms. The average molecular weight is 323 g/mol. The van der Waals surface area contributed by atoms with Crippen molar-refractivity contribution in [2.75, 3.05) is 0 Å². The molecular formula is C18H20F3NO. The average Bonchev–Trinajstić information content (AvgIpc) is 2.48. The molecule has 0 heterocycles. The predicted molar refractivity (Wildman–Crippen MR) is 84.1 cm³/mol. The maximum Gasteiger partial charge on any atom is 0.416 e. The molecule has 0 amide bonds. The van der Waals surface area contributed by atoms with Crippen LogP contribution in [-0.2, 0) is 12.7 Å². The molecule has 0 radical (unpaired) electrons. The van der Waals surface area contributed by atoms with Crippen LogP contribution >= 0.6 is 0 Å². The molecule has 23 heavy (non-hydrogen) atoms. The SMILES string of the molecule is Cc1ccc(CN(O)C(C)C)c(-c2cccc(C(F)(F)F)c2)c1. The number of nitrogens with zero attached hydrogens (tertiary/aromatic N) is 1. The zero-order valence-corrected chi connectivity index (χ0v) is 13.4. The second kappa shape index (κ2) is 6.72. The van der Waals surface area contributed by atoms with Crippen molar-refractivity contribution in [2.24, 2.45) is 0 Å². The first-order chi connectivity index (χ1) is 10.7. The molecule has 0 unspecified atom stereocenters. The van der Waals surface area contributed by atoms with Gasteiger partial charge in [0.05, 0.1) is 5.56 Å². The van der Waals surface area contributed by atoms with Gasteiger partial charge >= 0.3 is 6.18 Å². The molecule has 0 bridgehead atoms. The van der Waals surface area contributed by atoms with E-state index < -0.39 is 11.7 Å². The van der Waals surface area contributed by atoms with Crippen molar-refractivity contribution in [3.05, 3.63) is 59.2 Å². The highest BCUT2D eigenvalue weighted by Gasteiger charge is 2.30. The number of aryl methyl sites for hydroxylation is 1. The van der Waals surface area contributed by atoms with Crippen molar-refractivity contribution in [1.29, 1.82) is 0 Å². The van der Waals surface area contributed by atoms with Crippen LogP contribution in [0.3, 0.4) is 0 Å². The summed E-state index contributed by atoms with van der Waals surface area (Å²) in [6.07, 6.45) is -4.37. The Morgan fingerprint density at radius 2 is 1.78 bits per heavy atom. The maximum atomic E-state index is 12.9. The van der Waals surface area contributed by atoms with Gasteiger partial charge in [-0.3, -0.25) is 0 Å². The minimum absolute atomic E-state index is 0.0781. The highest BCUT2D eigenvalue weighted by atomic mass is 19.4. The van der Waals surface area contributed by atoms with Crippen LogP contribution in [-0.4, -0.2) is 16.3 Å². The van der Waals surface area contributed by atoms with Crippen molar-refractivity contribution in [3.8, 4) is 11.1 Å². The molecule has 0 aliphatic rings. The molecule has 0 fully saturated rings. The zero-order valence-electron chi connectivity index (χ0n) is 13.4. The van der Waals surface area contributed by atoms with Crippen LogP contribution < -0.4 is 0 Å². The Labute approximate surface area is 134 Å². The third kappa shape index (κ3) is 4.33. The molecule has 0 atom stereocenters. The number of halogens is 3. The van der Waals surface area contributed by atoms with Crippen LogP contribution in [0.2, 0.25) is 0 Å². The van der Waals surface area contributed by atoms with Crippen molar-refractivity contribution in [1.82, 2.24) is 5.06 Å². The Kier molecular flexibility index (Phi) is 5.12. The fraction of sp³-hybridized carbons (Fsp3) is 0.333. The van der Waals surface area contributed by atoms with Crippen molar-refractivity contribution < 1.29 is 18.4 Å². The van der Waals surface area contributed by atoms with E-state index >= 15 is 0 Å². The Balaban J connectivity index is 2.48. The molecule has 124 valence electrons. The second-order valence-electron chi connectivity index (χ2n) is 5.93. The van der Waals surface area contributed by atoms with Gasteiger partial charge in [-0.1, -0.05) is 35.9 Å². The highest BCUT2D eigenvalue weighted by Crippen LogP contribution is 2.33. The molecule has 0 aliphatic heterocycles. The van der Waals surface area contributed by atoms with Gasteiger partial charge in [-0.25, -0.2) is 0 Å². The van der Waals surface area contributed by atoms with Crippen LogP contribution in [0.4, 0.5) is 13.2 Å². The lowest BCUT2D eigenvalue weighted by Crippen LogP contribution is -2.26. The first kappa shape index (κ1) is 17.5. The van der Waals surface area contributed by atoms with E-state index in [4.69, 9.17) is 0 Å². The van der Waals surface area contributed by atoms with E-state index in [1.807, 2.05) is 39.0 Å². The highest BCUT2D eigenvalue weighted by molar-refractivity contribution is 5.69. The minimum Gasteiger partial charge on any atom is -0.313 e.